The molecule has 3 nitrogen and oxygen atoms in total. The van der Waals surface area contributed by atoms with Crippen molar-refractivity contribution in [1.29, 1.82) is 0 Å². The van der Waals surface area contributed by atoms with Gasteiger partial charge in [-0.25, -0.2) is 0 Å². The standard InChI is InChI=1S/C21H27NO2/c1-5-6-7-18-10-12-19(13-11-18)22-21(23)17(4)24-20-14-15(2)8-9-16(20)3/h8-14,17H,5-7H2,1-4H3,(H,22,23)/t17-/m1/s1. The van der Waals surface area contributed by atoms with Crippen molar-refractivity contribution in [3.63, 3.8) is 0 Å². The Labute approximate surface area is 145 Å². The second-order valence-electron chi connectivity index (χ2n) is 6.32. The Kier molecular flexibility index (Phi) is 6.42. The summed E-state index contributed by atoms with van der Waals surface area (Å²) in [6, 6.07) is 14.0. The number of hydrogen-bond acceptors (Lipinski definition) is 2. The van der Waals surface area contributed by atoms with Crippen molar-refractivity contribution in [2.24, 2.45) is 0 Å². The largest absolute Gasteiger partial charge is 0.481 e. The van der Waals surface area contributed by atoms with E-state index in [0.717, 1.165) is 29.0 Å². The van der Waals surface area contributed by atoms with Gasteiger partial charge in [-0.2, -0.15) is 0 Å². The van der Waals surface area contributed by atoms with E-state index in [2.05, 4.69) is 24.4 Å². The molecule has 0 aliphatic rings. The van der Waals surface area contributed by atoms with Crippen LogP contribution in [0.4, 0.5) is 5.69 Å². The Bertz CT molecular complexity index is 677. The fourth-order valence-electron chi connectivity index (χ4n) is 2.46. The molecule has 0 aromatic heterocycles. The van der Waals surface area contributed by atoms with Gasteiger partial charge in [0.1, 0.15) is 5.75 Å². The average Bonchev–Trinajstić information content (AvgIpc) is 2.57. The molecule has 128 valence electrons. The van der Waals surface area contributed by atoms with Crippen LogP contribution in [0, 0.1) is 13.8 Å². The fraction of sp³-hybridized carbons (Fsp3) is 0.381. The Morgan fingerprint density at radius 3 is 2.50 bits per heavy atom. The highest BCUT2D eigenvalue weighted by Crippen LogP contribution is 2.21. The van der Waals surface area contributed by atoms with E-state index in [1.807, 2.05) is 44.2 Å². The smallest absolute Gasteiger partial charge is 0.265 e. The number of amides is 1. The van der Waals surface area contributed by atoms with Crippen LogP contribution in [-0.2, 0) is 11.2 Å². The fourth-order valence-corrected chi connectivity index (χ4v) is 2.46. The molecule has 2 aromatic rings. The zero-order chi connectivity index (χ0) is 17.5. The molecular formula is C21H27NO2. The summed E-state index contributed by atoms with van der Waals surface area (Å²) in [6.45, 7) is 7.95. The molecule has 1 N–H and O–H groups in total. The molecule has 0 bridgehead atoms. The molecule has 2 aromatic carbocycles. The first-order valence-corrected chi connectivity index (χ1v) is 8.63. The number of hydrogen-bond donors (Lipinski definition) is 1. The molecule has 0 aliphatic carbocycles. The molecule has 1 atom stereocenters. The van der Waals surface area contributed by atoms with Gasteiger partial charge in [0.15, 0.2) is 6.10 Å². The number of nitrogens with one attached hydrogen (secondary N) is 1. The number of ether oxygens (including phenoxy) is 1. The molecular weight excluding hydrogens is 298 g/mol. The molecule has 24 heavy (non-hydrogen) atoms. The summed E-state index contributed by atoms with van der Waals surface area (Å²) >= 11 is 0. The maximum absolute atomic E-state index is 12.3. The van der Waals surface area contributed by atoms with Crippen LogP contribution >= 0.6 is 0 Å². The first kappa shape index (κ1) is 18.1. The van der Waals surface area contributed by atoms with Crippen molar-refractivity contribution >= 4 is 11.6 Å². The number of unbranched alkanes of at least 4 members (excludes halogenated alkanes) is 1. The summed E-state index contributed by atoms with van der Waals surface area (Å²) in [7, 11) is 0. The summed E-state index contributed by atoms with van der Waals surface area (Å²) in [5, 5.41) is 2.92. The van der Waals surface area contributed by atoms with E-state index >= 15 is 0 Å². The van der Waals surface area contributed by atoms with E-state index in [0.29, 0.717) is 0 Å². The second-order valence-corrected chi connectivity index (χ2v) is 6.32. The van der Waals surface area contributed by atoms with Gasteiger partial charge in [0.05, 0.1) is 0 Å². The van der Waals surface area contributed by atoms with Gasteiger partial charge in [0.25, 0.3) is 5.91 Å². The van der Waals surface area contributed by atoms with E-state index in [1.165, 1.54) is 18.4 Å². The van der Waals surface area contributed by atoms with E-state index in [9.17, 15) is 4.79 Å². The normalized spacial score (nSPS) is 11.8. The number of anilines is 1. The van der Waals surface area contributed by atoms with E-state index in [4.69, 9.17) is 4.74 Å². The lowest BCUT2D eigenvalue weighted by molar-refractivity contribution is -0.122. The Hall–Kier alpha value is -2.29. The van der Waals surface area contributed by atoms with Gasteiger partial charge in [-0.15, -0.1) is 0 Å². The topological polar surface area (TPSA) is 38.3 Å². The highest BCUT2D eigenvalue weighted by atomic mass is 16.5. The minimum absolute atomic E-state index is 0.141. The summed E-state index contributed by atoms with van der Waals surface area (Å²) in [5.74, 6) is 0.616. The van der Waals surface area contributed by atoms with E-state index < -0.39 is 6.10 Å². The summed E-state index contributed by atoms with van der Waals surface area (Å²) in [5.41, 5.74) is 4.25. The molecule has 0 heterocycles. The molecule has 0 saturated heterocycles. The lowest BCUT2D eigenvalue weighted by Crippen LogP contribution is -2.30. The predicted molar refractivity (Wildman–Crippen MR) is 99.7 cm³/mol. The third-order valence-electron chi connectivity index (χ3n) is 4.06. The molecule has 0 unspecified atom stereocenters. The van der Waals surface area contributed by atoms with E-state index in [1.54, 1.807) is 6.92 Å². The highest BCUT2D eigenvalue weighted by Gasteiger charge is 2.16. The van der Waals surface area contributed by atoms with Crippen molar-refractivity contribution in [1.82, 2.24) is 0 Å². The van der Waals surface area contributed by atoms with Crippen LogP contribution in [0.1, 0.15) is 43.4 Å². The SMILES string of the molecule is CCCCc1ccc(NC(=O)[C@@H](C)Oc2cc(C)ccc2C)cc1. The maximum Gasteiger partial charge on any atom is 0.265 e. The molecule has 3 heteroatoms. The quantitative estimate of drug-likeness (QED) is 0.773. The van der Waals surface area contributed by atoms with Crippen molar-refractivity contribution in [3.8, 4) is 5.75 Å². The highest BCUT2D eigenvalue weighted by molar-refractivity contribution is 5.94. The van der Waals surface area contributed by atoms with Crippen LogP contribution in [0.5, 0.6) is 5.75 Å². The first-order valence-electron chi connectivity index (χ1n) is 8.63. The molecule has 0 aliphatic heterocycles. The predicted octanol–water partition coefficient (Wildman–Crippen LogP) is 5.05. The molecule has 1 amide bonds. The van der Waals surface area contributed by atoms with Crippen LogP contribution in [0.2, 0.25) is 0 Å². The zero-order valence-corrected chi connectivity index (χ0v) is 15.1. The summed E-state index contributed by atoms with van der Waals surface area (Å²) in [4.78, 5) is 12.3. The second kappa shape index (κ2) is 8.53. The number of aryl methyl sites for hydroxylation is 3. The van der Waals surface area contributed by atoms with Crippen LogP contribution in [0.15, 0.2) is 42.5 Å². The summed E-state index contributed by atoms with van der Waals surface area (Å²) < 4.78 is 5.82. The number of carbonyl (C=O) groups is 1. The van der Waals surface area contributed by atoms with E-state index in [-0.39, 0.29) is 5.91 Å². The van der Waals surface area contributed by atoms with Gasteiger partial charge in [-0.1, -0.05) is 37.6 Å². The average molecular weight is 325 g/mol. The van der Waals surface area contributed by atoms with Gasteiger partial charge < -0.3 is 10.1 Å². The van der Waals surface area contributed by atoms with Gasteiger partial charge in [0, 0.05) is 5.69 Å². The lowest BCUT2D eigenvalue weighted by Gasteiger charge is -2.17. The molecule has 0 spiro atoms. The Morgan fingerprint density at radius 1 is 1.12 bits per heavy atom. The van der Waals surface area contributed by atoms with Gasteiger partial charge in [-0.05, 0) is 68.5 Å². The van der Waals surface area contributed by atoms with Gasteiger partial charge in [0.2, 0.25) is 0 Å². The molecule has 0 saturated carbocycles. The van der Waals surface area contributed by atoms with Crippen molar-refractivity contribution in [2.75, 3.05) is 5.32 Å². The van der Waals surface area contributed by atoms with Gasteiger partial charge >= 0.3 is 0 Å². The summed E-state index contributed by atoms with van der Waals surface area (Å²) in [6.07, 6.45) is 2.90. The number of carbonyl (C=O) groups excluding carboxylic acids is 1. The molecule has 0 fully saturated rings. The monoisotopic (exact) mass is 325 g/mol. The van der Waals surface area contributed by atoms with Crippen LogP contribution in [0.3, 0.4) is 0 Å². The molecule has 2 rings (SSSR count). The molecule has 0 radical (unpaired) electrons. The van der Waals surface area contributed by atoms with Gasteiger partial charge in [-0.3, -0.25) is 4.79 Å². The van der Waals surface area contributed by atoms with Crippen molar-refractivity contribution in [2.45, 2.75) is 53.1 Å². The Morgan fingerprint density at radius 2 is 1.83 bits per heavy atom. The van der Waals surface area contributed by atoms with Crippen LogP contribution in [-0.4, -0.2) is 12.0 Å². The third kappa shape index (κ3) is 5.12. The minimum Gasteiger partial charge on any atom is -0.481 e. The van der Waals surface area contributed by atoms with Crippen molar-refractivity contribution in [3.05, 3.63) is 59.2 Å². The Balaban J connectivity index is 1.94. The zero-order valence-electron chi connectivity index (χ0n) is 15.1. The maximum atomic E-state index is 12.3. The van der Waals surface area contributed by atoms with Crippen LogP contribution < -0.4 is 10.1 Å². The third-order valence-corrected chi connectivity index (χ3v) is 4.06. The first-order chi connectivity index (χ1) is 11.5. The number of benzene rings is 2. The van der Waals surface area contributed by atoms with Crippen molar-refractivity contribution < 1.29 is 9.53 Å². The van der Waals surface area contributed by atoms with Crippen LogP contribution in [0.25, 0.3) is 0 Å². The minimum atomic E-state index is -0.551. The lowest BCUT2D eigenvalue weighted by atomic mass is 10.1. The number of rotatable bonds is 7.